The van der Waals surface area contributed by atoms with Gasteiger partial charge in [0.2, 0.25) is 0 Å². The standard InChI is InChI=1S/C13H18ClNO4S/c1-4-9(3)15-13(16)11-8-10(20(14,17)18)6-7-12(11)19-5-2/h6-9H,4-5H2,1-3H3,(H,15,16). The van der Waals surface area contributed by atoms with E-state index in [0.29, 0.717) is 12.4 Å². The number of carbonyl (C=O) groups excluding carboxylic acids is 1. The maximum Gasteiger partial charge on any atom is 0.261 e. The lowest BCUT2D eigenvalue weighted by molar-refractivity contribution is 0.0935. The van der Waals surface area contributed by atoms with Crippen LogP contribution in [-0.2, 0) is 9.05 Å². The first kappa shape index (κ1) is 16.8. The molecule has 0 heterocycles. The van der Waals surface area contributed by atoms with Gasteiger partial charge in [0.1, 0.15) is 5.75 Å². The molecule has 1 aromatic rings. The summed E-state index contributed by atoms with van der Waals surface area (Å²) < 4.78 is 28.0. The minimum atomic E-state index is -3.89. The minimum absolute atomic E-state index is 0.0201. The quantitative estimate of drug-likeness (QED) is 0.818. The van der Waals surface area contributed by atoms with Crippen LogP contribution in [0.4, 0.5) is 0 Å². The topological polar surface area (TPSA) is 72.5 Å². The monoisotopic (exact) mass is 319 g/mol. The van der Waals surface area contributed by atoms with E-state index in [1.807, 2.05) is 13.8 Å². The van der Waals surface area contributed by atoms with Gasteiger partial charge in [-0.05, 0) is 38.5 Å². The van der Waals surface area contributed by atoms with E-state index in [4.69, 9.17) is 15.4 Å². The lowest BCUT2D eigenvalue weighted by Gasteiger charge is -2.14. The van der Waals surface area contributed by atoms with Crippen LogP contribution >= 0.6 is 10.7 Å². The molecule has 1 amide bonds. The molecule has 0 saturated heterocycles. The summed E-state index contributed by atoms with van der Waals surface area (Å²) in [5.41, 5.74) is 0.161. The fraction of sp³-hybridized carbons (Fsp3) is 0.462. The van der Waals surface area contributed by atoms with Gasteiger partial charge in [-0.2, -0.15) is 0 Å². The number of nitrogens with one attached hydrogen (secondary N) is 1. The SMILES string of the molecule is CCOc1ccc(S(=O)(=O)Cl)cc1C(=O)NC(C)CC. The molecule has 7 heteroatoms. The van der Waals surface area contributed by atoms with E-state index >= 15 is 0 Å². The summed E-state index contributed by atoms with van der Waals surface area (Å²) in [6, 6.07) is 3.95. The Hall–Kier alpha value is -1.27. The second-order valence-corrected chi connectivity index (χ2v) is 6.88. The van der Waals surface area contributed by atoms with Crippen molar-refractivity contribution in [1.29, 1.82) is 0 Å². The van der Waals surface area contributed by atoms with Crippen LogP contribution in [0.15, 0.2) is 23.1 Å². The van der Waals surface area contributed by atoms with Crippen LogP contribution in [-0.4, -0.2) is 27.0 Å². The van der Waals surface area contributed by atoms with E-state index in [0.717, 1.165) is 6.42 Å². The summed E-state index contributed by atoms with van der Waals surface area (Å²) >= 11 is 0. The van der Waals surface area contributed by atoms with E-state index in [-0.39, 0.29) is 22.4 Å². The second-order valence-electron chi connectivity index (χ2n) is 4.31. The Morgan fingerprint density at radius 3 is 2.55 bits per heavy atom. The zero-order chi connectivity index (χ0) is 15.3. The smallest absolute Gasteiger partial charge is 0.261 e. The number of halogens is 1. The molecule has 112 valence electrons. The molecule has 1 unspecified atom stereocenters. The molecule has 5 nitrogen and oxygen atoms in total. The molecular formula is C13H18ClNO4S. The maximum atomic E-state index is 12.2. The summed E-state index contributed by atoms with van der Waals surface area (Å²) in [4.78, 5) is 12.0. The Morgan fingerprint density at radius 1 is 1.40 bits per heavy atom. The molecule has 0 fully saturated rings. The van der Waals surface area contributed by atoms with Crippen LogP contribution in [0.3, 0.4) is 0 Å². The molecule has 0 aliphatic carbocycles. The average molecular weight is 320 g/mol. The zero-order valence-corrected chi connectivity index (χ0v) is 13.2. The molecule has 0 aliphatic heterocycles. The van der Waals surface area contributed by atoms with Crippen molar-refractivity contribution < 1.29 is 17.9 Å². The van der Waals surface area contributed by atoms with Crippen LogP contribution < -0.4 is 10.1 Å². The van der Waals surface area contributed by atoms with Crippen molar-refractivity contribution in [2.75, 3.05) is 6.61 Å². The third kappa shape index (κ3) is 4.38. The maximum absolute atomic E-state index is 12.2. The number of ether oxygens (including phenoxy) is 1. The van der Waals surface area contributed by atoms with Crippen LogP contribution in [0, 0.1) is 0 Å². The molecule has 0 bridgehead atoms. The van der Waals surface area contributed by atoms with Crippen LogP contribution in [0.5, 0.6) is 5.75 Å². The zero-order valence-electron chi connectivity index (χ0n) is 11.6. The Bertz CT molecular complexity index is 586. The first-order chi connectivity index (χ1) is 9.29. The molecule has 0 radical (unpaired) electrons. The molecule has 1 N–H and O–H groups in total. The van der Waals surface area contributed by atoms with Gasteiger partial charge in [0.05, 0.1) is 17.1 Å². The predicted molar refractivity (Wildman–Crippen MR) is 77.9 cm³/mol. The number of hydrogen-bond donors (Lipinski definition) is 1. The third-order valence-corrected chi connectivity index (χ3v) is 4.12. The van der Waals surface area contributed by atoms with E-state index < -0.39 is 9.05 Å². The molecule has 0 spiro atoms. The van der Waals surface area contributed by atoms with Crippen LogP contribution in [0.25, 0.3) is 0 Å². The fourth-order valence-electron chi connectivity index (χ4n) is 1.52. The van der Waals surface area contributed by atoms with Crippen molar-refractivity contribution in [2.24, 2.45) is 0 Å². The number of rotatable bonds is 6. The van der Waals surface area contributed by atoms with Crippen LogP contribution in [0.1, 0.15) is 37.6 Å². The van der Waals surface area contributed by atoms with E-state index in [1.165, 1.54) is 18.2 Å². The number of carbonyl (C=O) groups is 1. The molecule has 20 heavy (non-hydrogen) atoms. The van der Waals surface area contributed by atoms with E-state index in [1.54, 1.807) is 6.92 Å². The number of benzene rings is 1. The number of hydrogen-bond acceptors (Lipinski definition) is 4. The summed E-state index contributed by atoms with van der Waals surface area (Å²) in [6.45, 7) is 5.95. The predicted octanol–water partition coefficient (Wildman–Crippen LogP) is 2.54. The molecule has 0 aromatic heterocycles. The highest BCUT2D eigenvalue weighted by Crippen LogP contribution is 2.25. The first-order valence-electron chi connectivity index (χ1n) is 6.32. The van der Waals surface area contributed by atoms with Crippen molar-refractivity contribution in [1.82, 2.24) is 5.32 Å². The first-order valence-corrected chi connectivity index (χ1v) is 8.62. The fourth-order valence-corrected chi connectivity index (χ4v) is 2.30. The van der Waals surface area contributed by atoms with Gasteiger partial charge in [-0.15, -0.1) is 0 Å². The van der Waals surface area contributed by atoms with E-state index in [2.05, 4.69) is 5.32 Å². The number of amides is 1. The Kier molecular flexibility index (Phi) is 5.83. The third-order valence-electron chi connectivity index (χ3n) is 2.77. The molecule has 1 rings (SSSR count). The van der Waals surface area contributed by atoms with Crippen molar-refractivity contribution in [3.05, 3.63) is 23.8 Å². The summed E-state index contributed by atoms with van der Waals surface area (Å²) in [6.07, 6.45) is 0.767. The van der Waals surface area contributed by atoms with Gasteiger partial charge in [-0.1, -0.05) is 6.92 Å². The van der Waals surface area contributed by atoms with Gasteiger partial charge in [0, 0.05) is 16.7 Å². The molecule has 0 saturated carbocycles. The highest BCUT2D eigenvalue weighted by atomic mass is 35.7. The molecule has 1 aromatic carbocycles. The van der Waals surface area contributed by atoms with Gasteiger partial charge in [-0.25, -0.2) is 8.42 Å². The Balaban J connectivity index is 3.21. The van der Waals surface area contributed by atoms with Crippen molar-refractivity contribution in [2.45, 2.75) is 38.1 Å². The summed E-state index contributed by atoms with van der Waals surface area (Å²) in [5.74, 6) is -0.0534. The second kappa shape index (κ2) is 6.95. The summed E-state index contributed by atoms with van der Waals surface area (Å²) in [5, 5.41) is 2.77. The highest BCUT2D eigenvalue weighted by molar-refractivity contribution is 8.13. The highest BCUT2D eigenvalue weighted by Gasteiger charge is 2.19. The summed E-state index contributed by atoms with van der Waals surface area (Å²) in [7, 11) is 1.41. The van der Waals surface area contributed by atoms with Gasteiger partial charge < -0.3 is 10.1 Å². The van der Waals surface area contributed by atoms with Crippen molar-refractivity contribution >= 4 is 25.6 Å². The van der Waals surface area contributed by atoms with E-state index in [9.17, 15) is 13.2 Å². The molecular weight excluding hydrogens is 302 g/mol. The van der Waals surface area contributed by atoms with Gasteiger partial charge in [0.25, 0.3) is 15.0 Å². The largest absolute Gasteiger partial charge is 0.493 e. The Morgan fingerprint density at radius 2 is 2.05 bits per heavy atom. The van der Waals surface area contributed by atoms with Gasteiger partial charge in [0.15, 0.2) is 0 Å². The Labute approximate surface area is 123 Å². The van der Waals surface area contributed by atoms with Gasteiger partial charge in [-0.3, -0.25) is 4.79 Å². The normalized spacial score (nSPS) is 12.8. The van der Waals surface area contributed by atoms with Gasteiger partial charge >= 0.3 is 0 Å². The average Bonchev–Trinajstić information content (AvgIpc) is 2.37. The van der Waals surface area contributed by atoms with Crippen molar-refractivity contribution in [3.8, 4) is 5.75 Å². The lowest BCUT2D eigenvalue weighted by atomic mass is 10.1. The molecule has 1 atom stereocenters. The lowest BCUT2D eigenvalue weighted by Crippen LogP contribution is -2.32. The minimum Gasteiger partial charge on any atom is -0.493 e. The molecule has 0 aliphatic rings. The van der Waals surface area contributed by atoms with Crippen molar-refractivity contribution in [3.63, 3.8) is 0 Å². The van der Waals surface area contributed by atoms with Crippen LogP contribution in [0.2, 0.25) is 0 Å².